The van der Waals surface area contributed by atoms with E-state index in [9.17, 15) is 4.79 Å². The third kappa shape index (κ3) is 3.73. The van der Waals surface area contributed by atoms with E-state index in [0.29, 0.717) is 11.7 Å². The first-order valence-electron chi connectivity index (χ1n) is 11.5. The quantitative estimate of drug-likeness (QED) is 0.506. The van der Waals surface area contributed by atoms with Crippen molar-refractivity contribution in [2.24, 2.45) is 23.2 Å². The number of nitrogens with zero attached hydrogens (tertiary/aromatic N) is 1. The van der Waals surface area contributed by atoms with Crippen molar-refractivity contribution >= 4 is 33.1 Å². The summed E-state index contributed by atoms with van der Waals surface area (Å²) in [5.74, 6) is 3.30. The third-order valence-corrected chi connectivity index (χ3v) is 8.52. The van der Waals surface area contributed by atoms with Gasteiger partial charge < -0.3 is 10.1 Å². The number of aromatic nitrogens is 1. The highest BCUT2D eigenvalue weighted by Crippen LogP contribution is 2.58. The van der Waals surface area contributed by atoms with E-state index in [-0.39, 0.29) is 11.3 Å². The molecule has 160 valence electrons. The average Bonchev–Trinajstić information content (AvgIpc) is 3.11. The molecule has 1 aromatic heterocycles. The topological polar surface area (TPSA) is 51.2 Å². The van der Waals surface area contributed by atoms with Crippen molar-refractivity contribution in [3.8, 4) is 5.75 Å². The van der Waals surface area contributed by atoms with Crippen molar-refractivity contribution in [1.82, 2.24) is 4.98 Å². The first kappa shape index (κ1) is 19.3. The van der Waals surface area contributed by atoms with E-state index in [0.717, 1.165) is 53.8 Å². The van der Waals surface area contributed by atoms with Crippen LogP contribution in [-0.4, -0.2) is 10.9 Å². The molecule has 2 atom stereocenters. The molecule has 1 heterocycles. The molecule has 0 radical (unpaired) electrons. The lowest BCUT2D eigenvalue weighted by Crippen LogP contribution is -2.46. The molecule has 0 aliphatic heterocycles. The van der Waals surface area contributed by atoms with Crippen molar-refractivity contribution in [3.63, 3.8) is 0 Å². The maximum atomic E-state index is 13.4. The molecule has 2 aromatic carbocycles. The molecule has 3 aromatic rings. The van der Waals surface area contributed by atoms with Crippen molar-refractivity contribution in [3.05, 3.63) is 53.5 Å². The van der Waals surface area contributed by atoms with Crippen LogP contribution >= 0.6 is 11.3 Å². The minimum Gasteiger partial charge on any atom is -0.487 e. The number of benzene rings is 2. The number of fused-ring (bicyclic) bond motifs is 2. The molecular weight excluding hydrogens is 404 g/mol. The summed E-state index contributed by atoms with van der Waals surface area (Å²) in [4.78, 5) is 18.0. The first-order valence-corrected chi connectivity index (χ1v) is 12.4. The van der Waals surface area contributed by atoms with Gasteiger partial charge in [-0.1, -0.05) is 43.2 Å². The molecule has 2 unspecified atom stereocenters. The van der Waals surface area contributed by atoms with Crippen LogP contribution in [0.2, 0.25) is 0 Å². The molecule has 7 rings (SSSR count). The van der Waals surface area contributed by atoms with Crippen molar-refractivity contribution < 1.29 is 9.53 Å². The second-order valence-electron chi connectivity index (χ2n) is 9.94. The van der Waals surface area contributed by atoms with Crippen LogP contribution < -0.4 is 10.1 Å². The second-order valence-corrected chi connectivity index (χ2v) is 10.8. The number of rotatable bonds is 5. The number of carbonyl (C=O) groups is 1. The zero-order valence-corrected chi connectivity index (χ0v) is 18.5. The highest BCUT2D eigenvalue weighted by molar-refractivity contribution is 7.13. The predicted octanol–water partition coefficient (Wildman–Crippen LogP) is 6.42. The lowest BCUT2D eigenvalue weighted by Gasteiger charge is -2.46. The van der Waals surface area contributed by atoms with Gasteiger partial charge in [0.15, 0.2) is 5.13 Å². The Morgan fingerprint density at radius 1 is 1.03 bits per heavy atom. The van der Waals surface area contributed by atoms with E-state index >= 15 is 0 Å². The van der Waals surface area contributed by atoms with Gasteiger partial charge in [0.25, 0.3) is 0 Å². The van der Waals surface area contributed by atoms with Crippen LogP contribution in [0.3, 0.4) is 0 Å². The Labute approximate surface area is 187 Å². The highest BCUT2D eigenvalue weighted by Gasteiger charge is 2.52. The van der Waals surface area contributed by atoms with Gasteiger partial charge in [-0.15, -0.1) is 11.3 Å². The van der Waals surface area contributed by atoms with Gasteiger partial charge in [0, 0.05) is 5.38 Å². The van der Waals surface area contributed by atoms with Gasteiger partial charge in [0.2, 0.25) is 5.91 Å². The van der Waals surface area contributed by atoms with Gasteiger partial charge in [0.05, 0.1) is 11.1 Å². The highest BCUT2D eigenvalue weighted by atomic mass is 32.1. The van der Waals surface area contributed by atoms with Crippen LogP contribution in [0.1, 0.15) is 50.6 Å². The number of nitrogens with one attached hydrogen (secondary N) is 1. The van der Waals surface area contributed by atoms with Crippen LogP contribution in [-0.2, 0) is 11.4 Å². The van der Waals surface area contributed by atoms with Gasteiger partial charge >= 0.3 is 0 Å². The maximum Gasteiger partial charge on any atom is 0.232 e. The van der Waals surface area contributed by atoms with Crippen LogP contribution in [0.25, 0.3) is 10.8 Å². The summed E-state index contributed by atoms with van der Waals surface area (Å²) in [7, 11) is 0. The lowest BCUT2D eigenvalue weighted by molar-refractivity contribution is -0.132. The fourth-order valence-electron chi connectivity index (χ4n) is 6.54. The van der Waals surface area contributed by atoms with E-state index in [1.165, 1.54) is 42.4 Å². The van der Waals surface area contributed by atoms with Gasteiger partial charge in [-0.2, -0.15) is 0 Å². The third-order valence-electron chi connectivity index (χ3n) is 7.72. The molecule has 4 bridgehead atoms. The fraction of sp³-hybridized carbons (Fsp3) is 0.462. The van der Waals surface area contributed by atoms with E-state index in [1.807, 2.05) is 23.6 Å². The van der Waals surface area contributed by atoms with Gasteiger partial charge in [-0.05, 0) is 72.8 Å². The fourth-order valence-corrected chi connectivity index (χ4v) is 7.23. The maximum absolute atomic E-state index is 13.4. The smallest absolute Gasteiger partial charge is 0.232 e. The SMILES string of the molecule is O=C(Nc1nc(COc2ccc3ccccc3c2)cs1)C12CC3CCC(CC(C3)C1)C2. The molecule has 5 heteroatoms. The van der Waals surface area contributed by atoms with Crippen LogP contribution in [0.5, 0.6) is 5.75 Å². The number of thiazole rings is 1. The minimum absolute atomic E-state index is 0.152. The summed E-state index contributed by atoms with van der Waals surface area (Å²) >= 11 is 1.50. The number of ether oxygens (including phenoxy) is 1. The summed E-state index contributed by atoms with van der Waals surface area (Å²) in [6, 6.07) is 14.4. The van der Waals surface area contributed by atoms with E-state index in [2.05, 4.69) is 34.6 Å². The van der Waals surface area contributed by atoms with Crippen LogP contribution in [0.15, 0.2) is 47.8 Å². The normalized spacial score (nSPS) is 29.1. The molecule has 4 nitrogen and oxygen atoms in total. The molecule has 4 saturated carbocycles. The second kappa shape index (κ2) is 7.63. The Kier molecular flexibility index (Phi) is 4.75. The van der Waals surface area contributed by atoms with Gasteiger partial charge in [0.1, 0.15) is 12.4 Å². The number of hydrogen-bond donors (Lipinski definition) is 1. The number of carbonyl (C=O) groups excluding carboxylic acids is 1. The molecule has 4 aliphatic carbocycles. The monoisotopic (exact) mass is 432 g/mol. The number of amides is 1. The lowest BCUT2D eigenvalue weighted by atomic mass is 9.58. The summed E-state index contributed by atoms with van der Waals surface area (Å²) in [5.41, 5.74) is 0.705. The van der Waals surface area contributed by atoms with E-state index in [4.69, 9.17) is 4.74 Å². The summed E-state index contributed by atoms with van der Waals surface area (Å²) < 4.78 is 5.97. The molecular formula is C26H28N2O2S. The van der Waals surface area contributed by atoms with Gasteiger partial charge in [-0.25, -0.2) is 4.98 Å². The molecule has 0 saturated heterocycles. The summed E-state index contributed by atoms with van der Waals surface area (Å²) in [6.45, 7) is 0.405. The number of hydrogen-bond acceptors (Lipinski definition) is 4. The molecule has 1 N–H and O–H groups in total. The number of anilines is 1. The van der Waals surface area contributed by atoms with Crippen molar-refractivity contribution in [1.29, 1.82) is 0 Å². The summed E-state index contributed by atoms with van der Waals surface area (Å²) in [5, 5.41) is 8.24. The molecule has 1 amide bonds. The standard InChI is InChI=1S/C26H28N2O2S/c29-24(26-12-17-5-6-18(13-26)10-19(9-17)14-26)28-25-27-22(16-31-25)15-30-23-8-7-20-3-1-2-4-21(20)11-23/h1-4,7-8,11,16-19H,5-6,9-10,12-15H2,(H,27,28,29). The van der Waals surface area contributed by atoms with E-state index < -0.39 is 0 Å². The predicted molar refractivity (Wildman–Crippen MR) is 124 cm³/mol. The Hall–Kier alpha value is -2.40. The Balaban J connectivity index is 1.11. The Morgan fingerprint density at radius 2 is 1.77 bits per heavy atom. The average molecular weight is 433 g/mol. The summed E-state index contributed by atoms with van der Waals surface area (Å²) in [6.07, 6.45) is 8.57. The van der Waals surface area contributed by atoms with E-state index in [1.54, 1.807) is 0 Å². The zero-order valence-electron chi connectivity index (χ0n) is 17.7. The van der Waals surface area contributed by atoms with Crippen molar-refractivity contribution in [2.45, 2.75) is 51.6 Å². The molecule has 4 fully saturated rings. The zero-order chi connectivity index (χ0) is 20.8. The minimum atomic E-state index is -0.152. The Morgan fingerprint density at radius 3 is 2.58 bits per heavy atom. The molecule has 4 aliphatic rings. The first-order chi connectivity index (χ1) is 15.1. The molecule has 31 heavy (non-hydrogen) atoms. The molecule has 0 spiro atoms. The van der Waals surface area contributed by atoms with Crippen LogP contribution in [0.4, 0.5) is 5.13 Å². The van der Waals surface area contributed by atoms with Crippen molar-refractivity contribution in [2.75, 3.05) is 5.32 Å². The largest absolute Gasteiger partial charge is 0.487 e. The van der Waals surface area contributed by atoms with Crippen LogP contribution in [0, 0.1) is 23.2 Å². The van der Waals surface area contributed by atoms with Gasteiger partial charge in [-0.3, -0.25) is 4.79 Å². The Bertz CT molecular complexity index is 1110.